The molecule has 4 heteroatoms. The van der Waals surface area contributed by atoms with Crippen LogP contribution < -0.4 is 5.73 Å². The monoisotopic (exact) mass is 266 g/mol. The zero-order valence-electron chi connectivity index (χ0n) is 12.0. The van der Waals surface area contributed by atoms with Crippen molar-refractivity contribution in [3.05, 3.63) is 29.0 Å². The van der Waals surface area contributed by atoms with Gasteiger partial charge in [-0.1, -0.05) is 33.8 Å². The molecular weight excluding hydrogens is 244 g/mol. The van der Waals surface area contributed by atoms with Crippen LogP contribution in [-0.4, -0.2) is 10.3 Å². The lowest BCUT2D eigenvalue weighted by Gasteiger charge is -1.99. The fourth-order valence-corrected chi connectivity index (χ4v) is 2.57. The molecule has 0 fully saturated rings. The molecular formula is C14H22N2OS. The predicted octanol–water partition coefficient (Wildman–Crippen LogP) is 4.06. The highest BCUT2D eigenvalue weighted by Gasteiger charge is 2.13. The third-order valence-corrected chi connectivity index (χ3v) is 2.94. The summed E-state index contributed by atoms with van der Waals surface area (Å²) in [7, 11) is 0. The summed E-state index contributed by atoms with van der Waals surface area (Å²) in [6.07, 6.45) is 0. The molecule has 2 rings (SSSR count). The van der Waals surface area contributed by atoms with Crippen molar-refractivity contribution in [2.45, 2.75) is 41.5 Å². The summed E-state index contributed by atoms with van der Waals surface area (Å²) in [6.45, 7) is 12.0. The molecule has 0 saturated carbocycles. The minimum Gasteiger partial charge on any atom is -0.364 e. The first-order valence-corrected chi connectivity index (χ1v) is 7.03. The molecule has 0 aliphatic heterocycles. The Balaban J connectivity index is 0.000000659. The van der Waals surface area contributed by atoms with Crippen LogP contribution in [0.25, 0.3) is 10.1 Å². The molecule has 0 atom stereocenters. The predicted molar refractivity (Wildman–Crippen MR) is 80.3 cm³/mol. The van der Waals surface area contributed by atoms with E-state index in [0.717, 1.165) is 15.6 Å². The van der Waals surface area contributed by atoms with Gasteiger partial charge in [0.25, 0.3) is 5.91 Å². The number of amides is 1. The van der Waals surface area contributed by atoms with Gasteiger partial charge in [-0.2, -0.15) is 4.37 Å². The van der Waals surface area contributed by atoms with Crippen LogP contribution in [0.15, 0.2) is 12.1 Å². The van der Waals surface area contributed by atoms with Crippen LogP contribution in [0.5, 0.6) is 0 Å². The van der Waals surface area contributed by atoms with E-state index in [1.165, 1.54) is 17.1 Å². The van der Waals surface area contributed by atoms with Crippen molar-refractivity contribution in [3.63, 3.8) is 0 Å². The number of aromatic nitrogens is 1. The largest absolute Gasteiger partial charge is 0.364 e. The van der Waals surface area contributed by atoms with Gasteiger partial charge in [0.1, 0.15) is 5.69 Å². The number of hydrogen-bond donors (Lipinski definition) is 1. The fraction of sp³-hybridized carbons (Fsp3) is 0.429. The van der Waals surface area contributed by atoms with E-state index < -0.39 is 5.91 Å². The average Bonchev–Trinajstić information content (AvgIpc) is 2.78. The number of benzene rings is 1. The summed E-state index contributed by atoms with van der Waals surface area (Å²) in [6, 6.07) is 4.05. The maximum Gasteiger partial charge on any atom is 0.269 e. The first-order valence-electron chi connectivity index (χ1n) is 6.26. The van der Waals surface area contributed by atoms with Crippen LogP contribution in [0.4, 0.5) is 0 Å². The smallest absolute Gasteiger partial charge is 0.269 e. The number of aryl methyl sites for hydroxylation is 2. The van der Waals surface area contributed by atoms with Crippen molar-refractivity contribution < 1.29 is 4.79 Å². The van der Waals surface area contributed by atoms with E-state index >= 15 is 0 Å². The van der Waals surface area contributed by atoms with E-state index in [2.05, 4.69) is 4.37 Å². The molecule has 0 aliphatic carbocycles. The molecule has 100 valence electrons. The molecule has 0 aliphatic rings. The number of nitrogens with two attached hydrogens (primary N) is 1. The maximum atomic E-state index is 11.1. The number of fused-ring (bicyclic) bond motifs is 1. The molecule has 1 heterocycles. The van der Waals surface area contributed by atoms with E-state index in [1.54, 1.807) is 0 Å². The van der Waals surface area contributed by atoms with Crippen molar-refractivity contribution in [3.8, 4) is 0 Å². The van der Waals surface area contributed by atoms with Gasteiger partial charge in [0.15, 0.2) is 0 Å². The number of nitrogens with zero attached hydrogens (tertiary/aromatic N) is 1. The van der Waals surface area contributed by atoms with Crippen LogP contribution in [0.1, 0.15) is 49.3 Å². The average molecular weight is 266 g/mol. The third kappa shape index (κ3) is 3.53. The molecule has 0 bridgehead atoms. The number of rotatable bonds is 1. The Morgan fingerprint density at radius 3 is 2.22 bits per heavy atom. The number of carbonyl (C=O) groups is 1. The Morgan fingerprint density at radius 1 is 1.17 bits per heavy atom. The second kappa shape index (κ2) is 7.82. The van der Waals surface area contributed by atoms with Gasteiger partial charge < -0.3 is 5.73 Å². The molecule has 1 amide bonds. The lowest BCUT2D eigenvalue weighted by Crippen LogP contribution is -2.11. The minimum atomic E-state index is -0.455. The molecule has 2 aromatic rings. The Kier molecular flexibility index (Phi) is 7.20. The van der Waals surface area contributed by atoms with Gasteiger partial charge in [0, 0.05) is 5.39 Å². The summed E-state index contributed by atoms with van der Waals surface area (Å²) >= 11 is 1.32. The normalized spacial score (nSPS) is 9.00. The Hall–Kier alpha value is -1.42. The van der Waals surface area contributed by atoms with Crippen LogP contribution >= 0.6 is 11.5 Å². The quantitative estimate of drug-likeness (QED) is 0.846. The number of primary amides is 1. The number of carbonyl (C=O) groups excluding carboxylic acids is 1. The summed E-state index contributed by atoms with van der Waals surface area (Å²) in [5, 5.41) is 0.896. The molecule has 1 aromatic heterocycles. The van der Waals surface area contributed by atoms with Crippen molar-refractivity contribution in [1.82, 2.24) is 4.37 Å². The lowest BCUT2D eigenvalue weighted by molar-refractivity contribution is 0.0998. The Morgan fingerprint density at radius 2 is 1.72 bits per heavy atom. The Bertz CT molecular complexity index is 518. The lowest BCUT2D eigenvalue weighted by atomic mass is 10.1. The molecule has 0 saturated heterocycles. The maximum absolute atomic E-state index is 11.1. The first-order chi connectivity index (χ1) is 8.59. The second-order valence-corrected chi connectivity index (χ2v) is 4.16. The van der Waals surface area contributed by atoms with Crippen molar-refractivity contribution in [1.29, 1.82) is 0 Å². The summed E-state index contributed by atoms with van der Waals surface area (Å²) < 4.78 is 5.09. The minimum absolute atomic E-state index is 0.391. The van der Waals surface area contributed by atoms with Gasteiger partial charge in [-0.15, -0.1) is 0 Å². The van der Waals surface area contributed by atoms with Crippen LogP contribution in [-0.2, 0) is 0 Å². The van der Waals surface area contributed by atoms with Crippen molar-refractivity contribution in [2.24, 2.45) is 5.73 Å². The highest BCUT2D eigenvalue weighted by molar-refractivity contribution is 7.13. The standard InChI is InChI=1S/C10H10N2OS.2C2H6/c1-5-3-6(2)8-7(4-5)14-12-9(8)10(11)13;2*1-2/h3-4H,1-2H3,(H2,11,13);2*1-2H3. The van der Waals surface area contributed by atoms with E-state index in [0.29, 0.717) is 5.69 Å². The first kappa shape index (κ1) is 16.6. The van der Waals surface area contributed by atoms with E-state index in [4.69, 9.17) is 5.73 Å². The van der Waals surface area contributed by atoms with Gasteiger partial charge in [0.2, 0.25) is 0 Å². The van der Waals surface area contributed by atoms with Crippen LogP contribution in [0.2, 0.25) is 0 Å². The van der Waals surface area contributed by atoms with Gasteiger partial charge in [0.05, 0.1) is 4.70 Å². The van der Waals surface area contributed by atoms with E-state index in [-0.39, 0.29) is 0 Å². The van der Waals surface area contributed by atoms with Gasteiger partial charge in [-0.3, -0.25) is 4.79 Å². The molecule has 0 radical (unpaired) electrons. The van der Waals surface area contributed by atoms with E-state index in [1.807, 2.05) is 53.7 Å². The van der Waals surface area contributed by atoms with Crippen LogP contribution in [0.3, 0.4) is 0 Å². The van der Waals surface area contributed by atoms with Crippen LogP contribution in [0, 0.1) is 13.8 Å². The molecule has 18 heavy (non-hydrogen) atoms. The van der Waals surface area contributed by atoms with Gasteiger partial charge >= 0.3 is 0 Å². The second-order valence-electron chi connectivity index (χ2n) is 3.35. The summed E-state index contributed by atoms with van der Waals surface area (Å²) in [5.74, 6) is -0.455. The Labute approximate surface area is 113 Å². The summed E-state index contributed by atoms with van der Waals surface area (Å²) in [4.78, 5) is 11.1. The van der Waals surface area contributed by atoms with Crippen molar-refractivity contribution in [2.75, 3.05) is 0 Å². The SMILES string of the molecule is CC.CC.Cc1cc(C)c2c(C(N)=O)nsc2c1. The van der Waals surface area contributed by atoms with Gasteiger partial charge in [-0.25, -0.2) is 0 Å². The summed E-state index contributed by atoms with van der Waals surface area (Å²) in [5.41, 5.74) is 7.86. The molecule has 2 N–H and O–H groups in total. The highest BCUT2D eigenvalue weighted by atomic mass is 32.1. The molecule has 1 aromatic carbocycles. The zero-order valence-corrected chi connectivity index (χ0v) is 12.8. The third-order valence-electron chi connectivity index (χ3n) is 2.15. The molecule has 3 nitrogen and oxygen atoms in total. The topological polar surface area (TPSA) is 56.0 Å². The van der Waals surface area contributed by atoms with Gasteiger partial charge in [-0.05, 0) is 42.6 Å². The molecule has 0 unspecified atom stereocenters. The fourth-order valence-electron chi connectivity index (χ4n) is 1.61. The van der Waals surface area contributed by atoms with Crippen molar-refractivity contribution >= 4 is 27.5 Å². The zero-order chi connectivity index (χ0) is 14.3. The molecule has 0 spiro atoms. The highest BCUT2D eigenvalue weighted by Crippen LogP contribution is 2.27. The number of hydrogen-bond acceptors (Lipinski definition) is 3. The van der Waals surface area contributed by atoms with E-state index in [9.17, 15) is 4.79 Å².